The lowest BCUT2D eigenvalue weighted by atomic mass is 10.1. The Balaban J connectivity index is 1.47. The zero-order chi connectivity index (χ0) is 28.6. The van der Waals surface area contributed by atoms with E-state index in [1.807, 2.05) is 95.3 Å². The number of nitrogens with zero attached hydrogens (tertiary/aromatic N) is 5. The molecule has 0 saturated carbocycles. The Hall–Kier alpha value is -4.60. The summed E-state index contributed by atoms with van der Waals surface area (Å²) in [4.78, 5) is 33.9. The van der Waals surface area contributed by atoms with E-state index in [-0.39, 0.29) is 23.9 Å². The minimum absolute atomic E-state index is 0.0362. The molecule has 5 rings (SSSR count). The summed E-state index contributed by atoms with van der Waals surface area (Å²) in [6.45, 7) is 10.7. The van der Waals surface area contributed by atoms with Crippen molar-refractivity contribution in [3.63, 3.8) is 0 Å². The molecule has 1 aliphatic heterocycles. The summed E-state index contributed by atoms with van der Waals surface area (Å²) in [5.74, 6) is 0.742. The highest BCUT2D eigenvalue weighted by Crippen LogP contribution is 2.32. The van der Waals surface area contributed by atoms with Crippen LogP contribution >= 0.6 is 0 Å². The maximum absolute atomic E-state index is 12.8. The Bertz CT molecular complexity index is 1530. The van der Waals surface area contributed by atoms with E-state index in [4.69, 9.17) is 20.3 Å². The maximum Gasteiger partial charge on any atom is 0.410 e. The Kier molecular flexibility index (Phi) is 7.10. The van der Waals surface area contributed by atoms with Crippen LogP contribution in [-0.2, 0) is 4.74 Å². The van der Waals surface area contributed by atoms with Crippen LogP contribution in [0.3, 0.4) is 0 Å². The second kappa shape index (κ2) is 10.5. The summed E-state index contributed by atoms with van der Waals surface area (Å²) in [6, 6.07) is 18.5. The molecule has 40 heavy (non-hydrogen) atoms. The summed E-state index contributed by atoms with van der Waals surface area (Å²) in [6.07, 6.45) is 1.33. The van der Waals surface area contributed by atoms with Crippen molar-refractivity contribution in [3.8, 4) is 17.2 Å². The molecule has 2 N–H and O–H groups in total. The molecule has 0 spiro atoms. The van der Waals surface area contributed by atoms with E-state index < -0.39 is 11.5 Å². The number of aromatic nitrogens is 3. The Morgan fingerprint density at radius 3 is 2.23 bits per heavy atom. The molecular formula is C30H34N6O4. The van der Waals surface area contributed by atoms with Crippen LogP contribution in [0.4, 0.5) is 10.5 Å². The second-order valence-electron chi connectivity index (χ2n) is 11.0. The smallest absolute Gasteiger partial charge is 0.410 e. The van der Waals surface area contributed by atoms with Crippen molar-refractivity contribution in [3.05, 3.63) is 72.6 Å². The molecule has 0 aliphatic carbocycles. The quantitative estimate of drug-likeness (QED) is 0.371. The summed E-state index contributed by atoms with van der Waals surface area (Å²) >= 11 is 0. The number of fused-ring (bicyclic) bond motifs is 1. The van der Waals surface area contributed by atoms with Gasteiger partial charge >= 0.3 is 6.09 Å². The molecule has 1 fully saturated rings. The molecule has 10 heteroatoms. The lowest BCUT2D eigenvalue weighted by Gasteiger charge is -2.45. The predicted octanol–water partition coefficient (Wildman–Crippen LogP) is 5.15. The van der Waals surface area contributed by atoms with Gasteiger partial charge in [-0.25, -0.2) is 9.48 Å². The van der Waals surface area contributed by atoms with E-state index >= 15 is 0 Å². The number of hydrogen-bond acceptors (Lipinski definition) is 7. The SMILES string of the molecule is C[C@@H]1CN(C(=O)OC(C)(C)C)[C@@H](C)CN1c1ccnc2c(C(N)=O)n(-c3ccc(Oc4ccccc4)cc3)nc12. The van der Waals surface area contributed by atoms with Crippen LogP contribution in [-0.4, -0.2) is 62.4 Å². The summed E-state index contributed by atoms with van der Waals surface area (Å²) in [7, 11) is 0. The number of primary amides is 1. The number of benzene rings is 2. The number of ether oxygens (including phenoxy) is 2. The molecule has 0 bridgehead atoms. The van der Waals surface area contributed by atoms with E-state index in [0.29, 0.717) is 35.6 Å². The first-order valence-corrected chi connectivity index (χ1v) is 13.3. The van der Waals surface area contributed by atoms with Gasteiger partial charge in [0.15, 0.2) is 5.69 Å². The third-order valence-electron chi connectivity index (χ3n) is 6.76. The van der Waals surface area contributed by atoms with Crippen LogP contribution in [0.2, 0.25) is 0 Å². The van der Waals surface area contributed by atoms with Crippen molar-refractivity contribution in [2.45, 2.75) is 52.3 Å². The Morgan fingerprint density at radius 2 is 1.57 bits per heavy atom. The van der Waals surface area contributed by atoms with Gasteiger partial charge in [-0.15, -0.1) is 0 Å². The first-order chi connectivity index (χ1) is 19.0. The van der Waals surface area contributed by atoms with E-state index in [2.05, 4.69) is 9.88 Å². The van der Waals surface area contributed by atoms with Crippen LogP contribution in [0.1, 0.15) is 45.1 Å². The van der Waals surface area contributed by atoms with Crippen LogP contribution in [0.15, 0.2) is 66.9 Å². The van der Waals surface area contributed by atoms with E-state index in [1.165, 1.54) is 4.68 Å². The molecule has 4 aromatic rings. The van der Waals surface area contributed by atoms with Gasteiger partial charge in [-0.2, -0.15) is 5.10 Å². The first kappa shape index (κ1) is 27.0. The fourth-order valence-corrected chi connectivity index (χ4v) is 4.92. The van der Waals surface area contributed by atoms with Gasteiger partial charge in [0.2, 0.25) is 0 Å². The van der Waals surface area contributed by atoms with Crippen molar-refractivity contribution < 1.29 is 19.1 Å². The lowest BCUT2D eigenvalue weighted by molar-refractivity contribution is 0.0130. The molecule has 1 aliphatic rings. The van der Waals surface area contributed by atoms with Crippen LogP contribution in [0.25, 0.3) is 16.7 Å². The zero-order valence-corrected chi connectivity index (χ0v) is 23.4. The molecule has 2 amide bonds. The number of rotatable bonds is 5. The van der Waals surface area contributed by atoms with Gasteiger partial charge in [-0.05, 0) is 77.1 Å². The average Bonchev–Trinajstić information content (AvgIpc) is 3.30. The molecule has 3 heterocycles. The fourth-order valence-electron chi connectivity index (χ4n) is 4.92. The molecule has 1 saturated heterocycles. The summed E-state index contributed by atoms with van der Waals surface area (Å²) in [5.41, 5.74) is 7.91. The number of nitrogens with two attached hydrogens (primary N) is 1. The van der Waals surface area contributed by atoms with Crippen molar-refractivity contribution in [2.75, 3.05) is 18.0 Å². The van der Waals surface area contributed by atoms with Gasteiger partial charge in [0.1, 0.15) is 28.1 Å². The monoisotopic (exact) mass is 542 g/mol. The van der Waals surface area contributed by atoms with Gasteiger partial charge in [0.05, 0.1) is 11.4 Å². The number of amides is 2. The zero-order valence-electron chi connectivity index (χ0n) is 23.4. The van der Waals surface area contributed by atoms with Gasteiger partial charge in [0.25, 0.3) is 5.91 Å². The molecule has 208 valence electrons. The normalized spacial score (nSPS) is 17.6. The van der Waals surface area contributed by atoms with Gasteiger partial charge < -0.3 is 25.0 Å². The highest BCUT2D eigenvalue weighted by atomic mass is 16.6. The number of carbonyl (C=O) groups excluding carboxylic acids is 2. The number of anilines is 1. The molecular weight excluding hydrogens is 508 g/mol. The minimum Gasteiger partial charge on any atom is -0.457 e. The molecule has 0 radical (unpaired) electrons. The molecule has 10 nitrogen and oxygen atoms in total. The van der Waals surface area contributed by atoms with Crippen molar-refractivity contribution >= 4 is 28.7 Å². The van der Waals surface area contributed by atoms with Crippen molar-refractivity contribution in [1.82, 2.24) is 19.7 Å². The van der Waals surface area contributed by atoms with Gasteiger partial charge in [-0.1, -0.05) is 18.2 Å². The lowest BCUT2D eigenvalue weighted by Crippen LogP contribution is -2.59. The first-order valence-electron chi connectivity index (χ1n) is 13.3. The van der Waals surface area contributed by atoms with Crippen molar-refractivity contribution in [2.24, 2.45) is 5.73 Å². The molecule has 0 unspecified atom stereocenters. The maximum atomic E-state index is 12.8. The summed E-state index contributed by atoms with van der Waals surface area (Å²) < 4.78 is 13.1. The summed E-state index contributed by atoms with van der Waals surface area (Å²) in [5, 5.41) is 4.82. The van der Waals surface area contributed by atoms with E-state index in [9.17, 15) is 9.59 Å². The van der Waals surface area contributed by atoms with Gasteiger partial charge in [-0.3, -0.25) is 9.78 Å². The van der Waals surface area contributed by atoms with E-state index in [0.717, 1.165) is 11.4 Å². The topological polar surface area (TPSA) is 116 Å². The number of para-hydroxylation sites is 1. The standard InChI is InChI=1S/C30H34N6O4/c1-19-18-35(29(38)40-30(3,4)5)20(2)17-34(19)24-15-16-32-26-25(24)33-36(27(26)28(31)37)21-11-13-23(14-12-21)39-22-9-7-6-8-10-22/h6-16,19-20H,17-18H2,1-5H3,(H2,31,37)/t19-,20+/m1/s1. The Labute approximate surface area is 233 Å². The third kappa shape index (κ3) is 5.42. The highest BCUT2D eigenvalue weighted by molar-refractivity contribution is 6.06. The Morgan fingerprint density at radius 1 is 0.900 bits per heavy atom. The van der Waals surface area contributed by atoms with Crippen LogP contribution in [0.5, 0.6) is 11.5 Å². The third-order valence-corrected chi connectivity index (χ3v) is 6.76. The number of hydrogen-bond donors (Lipinski definition) is 1. The molecule has 2 aromatic heterocycles. The number of carbonyl (C=O) groups is 2. The predicted molar refractivity (Wildman–Crippen MR) is 153 cm³/mol. The van der Waals surface area contributed by atoms with E-state index in [1.54, 1.807) is 11.1 Å². The highest BCUT2D eigenvalue weighted by Gasteiger charge is 2.36. The number of piperazine rings is 1. The van der Waals surface area contributed by atoms with Crippen LogP contribution in [0, 0.1) is 0 Å². The molecule has 2 atom stereocenters. The number of pyridine rings is 1. The van der Waals surface area contributed by atoms with Crippen LogP contribution < -0.4 is 15.4 Å². The fraction of sp³-hybridized carbons (Fsp3) is 0.333. The van der Waals surface area contributed by atoms with Crippen molar-refractivity contribution in [1.29, 1.82) is 0 Å². The molecule has 2 aromatic carbocycles. The average molecular weight is 543 g/mol. The minimum atomic E-state index is -0.632. The second-order valence-corrected chi connectivity index (χ2v) is 11.0. The largest absolute Gasteiger partial charge is 0.457 e. The van der Waals surface area contributed by atoms with Gasteiger partial charge in [0, 0.05) is 31.4 Å².